The second kappa shape index (κ2) is 5.82. The molecule has 0 saturated heterocycles. The number of aromatic hydroxyl groups is 1. The summed E-state index contributed by atoms with van der Waals surface area (Å²) in [5, 5.41) is 9.27. The number of nitrogens with zero attached hydrogens (tertiary/aromatic N) is 1. The summed E-state index contributed by atoms with van der Waals surface area (Å²) in [6.45, 7) is 1.92. The van der Waals surface area contributed by atoms with Crippen molar-refractivity contribution in [3.63, 3.8) is 0 Å². The lowest BCUT2D eigenvalue weighted by atomic mass is 10.1. The number of halogens is 1. The molecule has 1 N–H and O–H groups in total. The number of ether oxygens (including phenoxy) is 1. The maximum atomic E-state index is 13.9. The highest BCUT2D eigenvalue weighted by atomic mass is 19.1. The van der Waals surface area contributed by atoms with Crippen LogP contribution in [-0.4, -0.2) is 19.3 Å². The minimum atomic E-state index is -0.405. The van der Waals surface area contributed by atoms with Gasteiger partial charge in [-0.25, -0.2) is 4.39 Å². The van der Waals surface area contributed by atoms with Crippen molar-refractivity contribution in [2.45, 2.75) is 13.0 Å². The van der Waals surface area contributed by atoms with E-state index in [9.17, 15) is 9.50 Å². The van der Waals surface area contributed by atoms with Gasteiger partial charge in [0, 0.05) is 24.4 Å². The first-order valence-corrected chi connectivity index (χ1v) is 6.38. The molecule has 2 rings (SSSR count). The lowest BCUT2D eigenvalue weighted by Gasteiger charge is -2.27. The van der Waals surface area contributed by atoms with Crippen molar-refractivity contribution >= 4 is 5.69 Å². The first kappa shape index (κ1) is 14.2. The van der Waals surface area contributed by atoms with Crippen LogP contribution in [0.15, 0.2) is 42.5 Å². The van der Waals surface area contributed by atoms with Gasteiger partial charge in [0.15, 0.2) is 0 Å². The van der Waals surface area contributed by atoms with Gasteiger partial charge in [-0.05, 0) is 37.3 Å². The van der Waals surface area contributed by atoms with Crippen LogP contribution in [0, 0.1) is 5.82 Å². The summed E-state index contributed by atoms with van der Waals surface area (Å²) in [6, 6.07) is 11.7. The van der Waals surface area contributed by atoms with Gasteiger partial charge in [-0.3, -0.25) is 0 Å². The van der Waals surface area contributed by atoms with E-state index in [4.69, 9.17) is 4.74 Å². The number of anilines is 1. The molecule has 106 valence electrons. The number of phenolic OH excluding ortho intramolecular Hbond substituents is 1. The van der Waals surface area contributed by atoms with Crippen molar-refractivity contribution in [1.29, 1.82) is 0 Å². The Morgan fingerprint density at radius 2 is 1.80 bits per heavy atom. The molecule has 20 heavy (non-hydrogen) atoms. The third-order valence-electron chi connectivity index (χ3n) is 3.49. The summed E-state index contributed by atoms with van der Waals surface area (Å²) in [6.07, 6.45) is 0. The second-order valence-corrected chi connectivity index (χ2v) is 4.69. The minimum absolute atomic E-state index is 0.0643. The maximum Gasteiger partial charge on any atom is 0.132 e. The van der Waals surface area contributed by atoms with Crippen LogP contribution >= 0.6 is 0 Å². The topological polar surface area (TPSA) is 32.7 Å². The molecule has 3 nitrogen and oxygen atoms in total. The normalized spacial score (nSPS) is 12.0. The van der Waals surface area contributed by atoms with E-state index >= 15 is 0 Å². The Labute approximate surface area is 118 Å². The van der Waals surface area contributed by atoms with E-state index in [2.05, 4.69) is 0 Å². The number of phenols is 1. The summed E-state index contributed by atoms with van der Waals surface area (Å²) in [7, 11) is 3.52. The molecule has 0 heterocycles. The average Bonchev–Trinajstić information content (AvgIpc) is 2.46. The second-order valence-electron chi connectivity index (χ2n) is 4.69. The molecule has 1 unspecified atom stereocenters. The monoisotopic (exact) mass is 275 g/mol. The lowest BCUT2D eigenvalue weighted by molar-refractivity contribution is 0.415. The first-order valence-electron chi connectivity index (χ1n) is 6.38. The van der Waals surface area contributed by atoms with E-state index in [1.54, 1.807) is 13.2 Å². The van der Waals surface area contributed by atoms with Crippen molar-refractivity contribution < 1.29 is 14.2 Å². The summed E-state index contributed by atoms with van der Waals surface area (Å²) < 4.78 is 19.0. The van der Waals surface area contributed by atoms with Crippen LogP contribution in [0.1, 0.15) is 18.5 Å². The number of rotatable bonds is 4. The van der Waals surface area contributed by atoms with Gasteiger partial charge in [0.1, 0.15) is 17.3 Å². The largest absolute Gasteiger partial charge is 0.508 e. The highest BCUT2D eigenvalue weighted by molar-refractivity contribution is 5.50. The van der Waals surface area contributed by atoms with Crippen molar-refractivity contribution in [3.8, 4) is 11.5 Å². The molecule has 0 saturated carbocycles. The zero-order valence-electron chi connectivity index (χ0n) is 11.8. The van der Waals surface area contributed by atoms with E-state index in [1.165, 1.54) is 6.07 Å². The molecule has 0 radical (unpaired) electrons. The summed E-state index contributed by atoms with van der Waals surface area (Å²) in [5.74, 6) is 0.314. The molecule has 4 heteroatoms. The molecule has 0 aliphatic rings. The van der Waals surface area contributed by atoms with Crippen LogP contribution < -0.4 is 9.64 Å². The molecule has 0 aliphatic carbocycles. The van der Waals surface area contributed by atoms with Gasteiger partial charge in [0.25, 0.3) is 0 Å². The fourth-order valence-corrected chi connectivity index (χ4v) is 2.10. The molecular weight excluding hydrogens is 257 g/mol. The zero-order valence-corrected chi connectivity index (χ0v) is 11.8. The fourth-order valence-electron chi connectivity index (χ4n) is 2.10. The minimum Gasteiger partial charge on any atom is -0.508 e. The van der Waals surface area contributed by atoms with E-state index in [0.717, 1.165) is 17.5 Å². The Bertz CT molecular complexity index is 584. The molecule has 0 fully saturated rings. The van der Waals surface area contributed by atoms with Gasteiger partial charge in [-0.1, -0.05) is 6.07 Å². The molecule has 0 bridgehead atoms. The number of hydrogen-bond donors (Lipinski definition) is 1. The van der Waals surface area contributed by atoms with Gasteiger partial charge < -0.3 is 14.7 Å². The summed E-state index contributed by atoms with van der Waals surface area (Å²) >= 11 is 0. The van der Waals surface area contributed by atoms with Crippen LogP contribution in [0.3, 0.4) is 0 Å². The van der Waals surface area contributed by atoms with Gasteiger partial charge in [0.05, 0.1) is 13.2 Å². The Morgan fingerprint density at radius 1 is 1.15 bits per heavy atom. The predicted molar refractivity (Wildman–Crippen MR) is 77.9 cm³/mol. The van der Waals surface area contributed by atoms with Gasteiger partial charge in [-0.15, -0.1) is 0 Å². The van der Waals surface area contributed by atoms with Crippen LogP contribution in [0.25, 0.3) is 0 Å². The maximum absolute atomic E-state index is 13.9. The Hall–Kier alpha value is -2.23. The number of methoxy groups -OCH3 is 1. The molecule has 0 aliphatic heterocycles. The SMILES string of the molecule is COc1ccc(N(C)C(C)c2ccc(O)cc2F)cc1. The summed E-state index contributed by atoms with van der Waals surface area (Å²) in [5.41, 5.74) is 1.51. The van der Waals surface area contributed by atoms with E-state index in [-0.39, 0.29) is 11.8 Å². The Kier molecular flexibility index (Phi) is 4.13. The number of hydrogen-bond acceptors (Lipinski definition) is 3. The van der Waals surface area contributed by atoms with E-state index < -0.39 is 5.82 Å². The van der Waals surface area contributed by atoms with Gasteiger partial charge in [0.2, 0.25) is 0 Å². The van der Waals surface area contributed by atoms with Crippen molar-refractivity contribution in [2.75, 3.05) is 19.1 Å². The van der Waals surface area contributed by atoms with Gasteiger partial charge >= 0.3 is 0 Å². The zero-order chi connectivity index (χ0) is 14.7. The predicted octanol–water partition coefficient (Wildman–Crippen LogP) is 3.74. The van der Waals surface area contributed by atoms with Crippen molar-refractivity contribution in [3.05, 3.63) is 53.8 Å². The van der Waals surface area contributed by atoms with Crippen LogP contribution in [0.2, 0.25) is 0 Å². The van der Waals surface area contributed by atoms with Gasteiger partial charge in [-0.2, -0.15) is 0 Å². The van der Waals surface area contributed by atoms with Crippen molar-refractivity contribution in [2.24, 2.45) is 0 Å². The lowest BCUT2D eigenvalue weighted by Crippen LogP contribution is -2.22. The highest BCUT2D eigenvalue weighted by Crippen LogP contribution is 2.29. The van der Waals surface area contributed by atoms with Crippen LogP contribution in [0.5, 0.6) is 11.5 Å². The molecule has 2 aromatic carbocycles. The fraction of sp³-hybridized carbons (Fsp3) is 0.250. The smallest absolute Gasteiger partial charge is 0.132 e. The Balaban J connectivity index is 2.24. The third-order valence-corrected chi connectivity index (χ3v) is 3.49. The highest BCUT2D eigenvalue weighted by Gasteiger charge is 2.16. The van der Waals surface area contributed by atoms with E-state index in [1.807, 2.05) is 43.1 Å². The summed E-state index contributed by atoms with van der Waals surface area (Å²) in [4.78, 5) is 1.97. The average molecular weight is 275 g/mol. The standard InChI is InChI=1S/C16H18FNO2/c1-11(15-9-6-13(19)10-16(15)17)18(2)12-4-7-14(20-3)8-5-12/h4-11,19H,1-3H3. The van der Waals surface area contributed by atoms with Crippen molar-refractivity contribution in [1.82, 2.24) is 0 Å². The number of benzene rings is 2. The Morgan fingerprint density at radius 3 is 2.35 bits per heavy atom. The molecule has 2 aromatic rings. The molecule has 1 atom stereocenters. The molecule has 0 amide bonds. The third kappa shape index (κ3) is 2.85. The quantitative estimate of drug-likeness (QED) is 0.922. The molecule has 0 spiro atoms. The first-order chi connectivity index (χ1) is 9.52. The van der Waals surface area contributed by atoms with Crippen LogP contribution in [-0.2, 0) is 0 Å². The van der Waals surface area contributed by atoms with E-state index in [0.29, 0.717) is 5.56 Å². The molecular formula is C16H18FNO2. The van der Waals surface area contributed by atoms with Crippen LogP contribution in [0.4, 0.5) is 10.1 Å². The molecule has 0 aromatic heterocycles.